The van der Waals surface area contributed by atoms with Crippen LogP contribution in [0.5, 0.6) is 0 Å². The fraction of sp³-hybridized carbons (Fsp3) is 0.800. The van der Waals surface area contributed by atoms with Gasteiger partial charge in [-0.2, -0.15) is 4.31 Å². The third-order valence-electron chi connectivity index (χ3n) is 4.70. The van der Waals surface area contributed by atoms with Gasteiger partial charge in [-0.05, 0) is 12.8 Å². The van der Waals surface area contributed by atoms with Gasteiger partial charge in [0.1, 0.15) is 5.60 Å². The number of morpholine rings is 1. The summed E-state index contributed by atoms with van der Waals surface area (Å²) in [5.41, 5.74) is -0.764. The Labute approximate surface area is 137 Å². The molecule has 0 bridgehead atoms. The van der Waals surface area contributed by atoms with Crippen molar-refractivity contribution in [3.8, 4) is 0 Å². The Kier molecular flexibility index (Phi) is 4.78. The van der Waals surface area contributed by atoms with E-state index >= 15 is 0 Å². The fourth-order valence-corrected chi connectivity index (χ4v) is 4.32. The lowest BCUT2D eigenvalue weighted by molar-refractivity contribution is -0.162. The summed E-state index contributed by atoms with van der Waals surface area (Å²) in [6.07, 6.45) is 6.85. The summed E-state index contributed by atoms with van der Waals surface area (Å²) < 4.78 is 36.7. The Bertz CT molecular complexity index is 583. The minimum absolute atomic E-state index is 0.0165. The fourth-order valence-electron chi connectivity index (χ4n) is 3.45. The first-order chi connectivity index (χ1) is 10.9. The summed E-state index contributed by atoms with van der Waals surface area (Å²) in [7, 11) is -3.32. The molecule has 0 N–H and O–H groups in total. The maximum atomic E-state index is 12.6. The number of allylic oxidation sites excluding steroid dienone is 2. The normalized spacial score (nSPS) is 30.7. The van der Waals surface area contributed by atoms with Crippen LogP contribution in [0.4, 0.5) is 0 Å². The van der Waals surface area contributed by atoms with Gasteiger partial charge in [0.15, 0.2) is 0 Å². The Morgan fingerprint density at radius 3 is 2.61 bits per heavy atom. The summed E-state index contributed by atoms with van der Waals surface area (Å²) in [5, 5.41) is 0. The van der Waals surface area contributed by atoms with Crippen molar-refractivity contribution in [1.29, 1.82) is 0 Å². The third kappa shape index (κ3) is 3.76. The molecule has 8 heteroatoms. The van der Waals surface area contributed by atoms with Crippen LogP contribution < -0.4 is 0 Å². The number of nitrogens with zero attached hydrogens (tertiary/aromatic N) is 2. The zero-order valence-corrected chi connectivity index (χ0v) is 14.3. The lowest BCUT2D eigenvalue weighted by Gasteiger charge is -2.43. The molecule has 3 rings (SSSR count). The van der Waals surface area contributed by atoms with Gasteiger partial charge in [-0.3, -0.25) is 4.79 Å². The number of carbonyl (C=O) groups excluding carboxylic acids is 1. The average molecular weight is 344 g/mol. The predicted octanol–water partition coefficient (Wildman–Crippen LogP) is -0.158. The van der Waals surface area contributed by atoms with Gasteiger partial charge in [0.2, 0.25) is 15.9 Å². The highest BCUT2D eigenvalue weighted by molar-refractivity contribution is 7.88. The van der Waals surface area contributed by atoms with Crippen molar-refractivity contribution in [3.63, 3.8) is 0 Å². The minimum Gasteiger partial charge on any atom is -0.377 e. The summed E-state index contributed by atoms with van der Waals surface area (Å²) in [6, 6.07) is 0. The second-order valence-electron chi connectivity index (χ2n) is 6.58. The van der Waals surface area contributed by atoms with Crippen LogP contribution >= 0.6 is 0 Å². The molecule has 1 spiro atoms. The smallest absolute Gasteiger partial charge is 0.226 e. The molecule has 2 aliphatic heterocycles. The lowest BCUT2D eigenvalue weighted by atomic mass is 9.99. The van der Waals surface area contributed by atoms with Gasteiger partial charge in [0.25, 0.3) is 0 Å². The molecule has 1 amide bonds. The van der Waals surface area contributed by atoms with Crippen molar-refractivity contribution >= 4 is 15.9 Å². The minimum atomic E-state index is -3.32. The van der Waals surface area contributed by atoms with Crippen LogP contribution in [0.25, 0.3) is 0 Å². The lowest BCUT2D eigenvalue weighted by Crippen LogP contribution is -2.60. The summed E-state index contributed by atoms with van der Waals surface area (Å²) in [4.78, 5) is 14.5. The van der Waals surface area contributed by atoms with E-state index in [2.05, 4.69) is 0 Å². The summed E-state index contributed by atoms with van der Waals surface area (Å²) in [5.74, 6) is 0.149. The maximum Gasteiger partial charge on any atom is 0.226 e. The monoisotopic (exact) mass is 344 g/mol. The molecule has 23 heavy (non-hydrogen) atoms. The van der Waals surface area contributed by atoms with E-state index in [0.29, 0.717) is 39.5 Å². The van der Waals surface area contributed by atoms with Crippen molar-refractivity contribution in [2.45, 2.75) is 18.4 Å². The molecule has 0 aromatic carbocycles. The SMILES string of the molecule is CS(=O)(=O)N1CCOC[C@@]2(CN(C(=O)C3CC=CC3)CCO2)C1. The standard InChI is InChI=1S/C15H24N2O5S/c1-23(19,20)17-7-8-21-12-15(11-17)10-16(6-9-22-15)14(18)13-4-2-3-5-13/h2-3,13H,4-12H2,1H3/t15-/m1/s1. The molecular formula is C15H24N2O5S. The van der Waals surface area contributed by atoms with Crippen LogP contribution in [-0.2, 0) is 24.3 Å². The molecule has 0 unspecified atom stereocenters. The van der Waals surface area contributed by atoms with Crippen molar-refractivity contribution < 1.29 is 22.7 Å². The number of hydrogen-bond acceptors (Lipinski definition) is 5. The molecule has 1 atom stereocenters. The molecule has 2 heterocycles. The Morgan fingerprint density at radius 2 is 1.91 bits per heavy atom. The number of carbonyl (C=O) groups is 1. The second kappa shape index (κ2) is 6.51. The number of sulfonamides is 1. The Morgan fingerprint density at radius 1 is 1.17 bits per heavy atom. The first kappa shape index (κ1) is 16.9. The number of hydrogen-bond donors (Lipinski definition) is 0. The van der Waals surface area contributed by atoms with Crippen LogP contribution in [0.3, 0.4) is 0 Å². The van der Waals surface area contributed by atoms with E-state index in [4.69, 9.17) is 9.47 Å². The van der Waals surface area contributed by atoms with Gasteiger partial charge in [0.05, 0.1) is 32.6 Å². The van der Waals surface area contributed by atoms with Crippen molar-refractivity contribution in [1.82, 2.24) is 9.21 Å². The van der Waals surface area contributed by atoms with Crippen molar-refractivity contribution in [3.05, 3.63) is 12.2 Å². The van der Waals surface area contributed by atoms with Gasteiger partial charge in [-0.1, -0.05) is 12.2 Å². The van der Waals surface area contributed by atoms with Gasteiger partial charge >= 0.3 is 0 Å². The largest absolute Gasteiger partial charge is 0.377 e. The molecular weight excluding hydrogens is 320 g/mol. The molecule has 2 fully saturated rings. The number of amides is 1. The van der Waals surface area contributed by atoms with E-state index in [9.17, 15) is 13.2 Å². The number of ether oxygens (including phenoxy) is 2. The quantitative estimate of drug-likeness (QED) is 0.651. The van der Waals surface area contributed by atoms with E-state index in [1.54, 1.807) is 0 Å². The van der Waals surface area contributed by atoms with Crippen molar-refractivity contribution in [2.24, 2.45) is 5.92 Å². The molecule has 0 aromatic heterocycles. The molecule has 3 aliphatic rings. The van der Waals surface area contributed by atoms with Gasteiger partial charge in [-0.25, -0.2) is 8.42 Å². The van der Waals surface area contributed by atoms with Crippen LogP contribution in [-0.4, -0.2) is 81.4 Å². The zero-order valence-electron chi connectivity index (χ0n) is 13.4. The van der Waals surface area contributed by atoms with Crippen molar-refractivity contribution in [2.75, 3.05) is 52.3 Å². The summed E-state index contributed by atoms with van der Waals surface area (Å²) in [6.45, 7) is 2.56. The maximum absolute atomic E-state index is 12.6. The van der Waals surface area contributed by atoms with Gasteiger partial charge in [-0.15, -0.1) is 0 Å². The van der Waals surface area contributed by atoms with Crippen LogP contribution in [0.1, 0.15) is 12.8 Å². The van der Waals surface area contributed by atoms with E-state index in [1.165, 1.54) is 10.6 Å². The summed E-state index contributed by atoms with van der Waals surface area (Å²) >= 11 is 0. The Hall–Kier alpha value is -0.960. The highest BCUT2D eigenvalue weighted by Gasteiger charge is 2.44. The molecule has 130 valence electrons. The van der Waals surface area contributed by atoms with Gasteiger partial charge in [0, 0.05) is 25.6 Å². The molecule has 0 radical (unpaired) electrons. The second-order valence-corrected chi connectivity index (χ2v) is 8.56. The number of rotatable bonds is 2. The first-order valence-electron chi connectivity index (χ1n) is 8.00. The highest BCUT2D eigenvalue weighted by atomic mass is 32.2. The third-order valence-corrected chi connectivity index (χ3v) is 5.95. The van der Waals surface area contributed by atoms with Crippen LogP contribution in [0.2, 0.25) is 0 Å². The molecule has 7 nitrogen and oxygen atoms in total. The highest BCUT2D eigenvalue weighted by Crippen LogP contribution is 2.27. The van der Waals surface area contributed by atoms with E-state index in [-0.39, 0.29) is 18.4 Å². The molecule has 0 saturated carbocycles. The van der Waals surface area contributed by atoms with E-state index in [0.717, 1.165) is 12.8 Å². The molecule has 0 aromatic rings. The average Bonchev–Trinajstić information content (AvgIpc) is 2.95. The predicted molar refractivity (Wildman–Crippen MR) is 84.4 cm³/mol. The topological polar surface area (TPSA) is 76.2 Å². The van der Waals surface area contributed by atoms with Gasteiger partial charge < -0.3 is 14.4 Å². The van der Waals surface area contributed by atoms with Crippen LogP contribution in [0, 0.1) is 5.92 Å². The Balaban J connectivity index is 1.73. The first-order valence-corrected chi connectivity index (χ1v) is 9.85. The van der Waals surface area contributed by atoms with Crippen LogP contribution in [0.15, 0.2) is 12.2 Å². The van der Waals surface area contributed by atoms with E-state index < -0.39 is 15.6 Å². The molecule has 2 saturated heterocycles. The van der Waals surface area contributed by atoms with E-state index in [1.807, 2.05) is 17.1 Å². The zero-order chi connectivity index (χ0) is 16.5. The molecule has 1 aliphatic carbocycles.